The van der Waals surface area contributed by atoms with Crippen LogP contribution >= 0.6 is 0 Å². The van der Waals surface area contributed by atoms with Gasteiger partial charge in [0.15, 0.2) is 0 Å². The molecule has 0 aromatic heterocycles. The van der Waals surface area contributed by atoms with Crippen molar-refractivity contribution < 1.29 is 14.3 Å². The molecular weight excluding hydrogens is 218 g/mol. The van der Waals surface area contributed by atoms with Crippen molar-refractivity contribution in [2.75, 3.05) is 20.8 Å². The molecule has 0 fully saturated rings. The lowest BCUT2D eigenvalue weighted by Gasteiger charge is -2.25. The van der Waals surface area contributed by atoms with E-state index in [2.05, 4.69) is 13.8 Å². The Balaban J connectivity index is 3.26. The fourth-order valence-corrected chi connectivity index (χ4v) is 1.77. The van der Waals surface area contributed by atoms with Crippen LogP contribution in [-0.4, -0.2) is 20.8 Å². The number of hydrogen-bond donors (Lipinski definition) is 1. The van der Waals surface area contributed by atoms with Crippen LogP contribution in [0.15, 0.2) is 12.1 Å². The van der Waals surface area contributed by atoms with Crippen molar-refractivity contribution in [3.8, 4) is 11.5 Å². The second-order valence-corrected chi connectivity index (χ2v) is 4.70. The average Bonchev–Trinajstić information content (AvgIpc) is 2.29. The first-order valence-corrected chi connectivity index (χ1v) is 5.51. The molecule has 0 atom stereocenters. The fourth-order valence-electron chi connectivity index (χ4n) is 1.77. The third-order valence-electron chi connectivity index (χ3n) is 2.98. The van der Waals surface area contributed by atoms with Crippen molar-refractivity contribution in [2.45, 2.75) is 26.2 Å². The first-order chi connectivity index (χ1) is 7.96. The minimum atomic E-state index is -0.191. The minimum Gasteiger partial charge on any atom is -0.496 e. The summed E-state index contributed by atoms with van der Waals surface area (Å²) in [5, 5.41) is 0. The van der Waals surface area contributed by atoms with Crippen molar-refractivity contribution in [1.29, 1.82) is 0 Å². The van der Waals surface area contributed by atoms with E-state index in [1.54, 1.807) is 14.2 Å². The van der Waals surface area contributed by atoms with Gasteiger partial charge in [0.05, 0.1) is 20.8 Å². The van der Waals surface area contributed by atoms with E-state index in [0.29, 0.717) is 6.61 Å². The number of ether oxygens (including phenoxy) is 2. The summed E-state index contributed by atoms with van der Waals surface area (Å²) in [6, 6.07) is 3.99. The Kier molecular flexibility index (Phi) is 4.37. The molecule has 0 saturated carbocycles. The third-order valence-corrected chi connectivity index (χ3v) is 2.98. The Morgan fingerprint density at radius 3 is 1.94 bits per heavy atom. The van der Waals surface area contributed by atoms with E-state index in [1.807, 2.05) is 19.1 Å². The van der Waals surface area contributed by atoms with Crippen LogP contribution in [0.2, 0.25) is 0 Å². The molecule has 1 aromatic rings. The predicted molar refractivity (Wildman–Crippen MR) is 67.4 cm³/mol. The van der Waals surface area contributed by atoms with E-state index in [9.17, 15) is 0 Å². The summed E-state index contributed by atoms with van der Waals surface area (Å²) in [7, 11) is 3.30. The summed E-state index contributed by atoms with van der Waals surface area (Å²) >= 11 is 0. The molecule has 4 heteroatoms. The summed E-state index contributed by atoms with van der Waals surface area (Å²) in [6.07, 6.45) is 0. The molecule has 0 unspecified atom stereocenters. The number of benzene rings is 1. The van der Waals surface area contributed by atoms with Crippen LogP contribution in [0, 0.1) is 6.92 Å². The van der Waals surface area contributed by atoms with Gasteiger partial charge in [-0.15, -0.1) is 0 Å². The molecule has 0 aliphatic carbocycles. The highest BCUT2D eigenvalue weighted by atomic mass is 16.6. The highest BCUT2D eigenvalue weighted by Crippen LogP contribution is 2.34. The molecule has 0 amide bonds. The van der Waals surface area contributed by atoms with Crippen molar-refractivity contribution in [3.63, 3.8) is 0 Å². The Labute approximate surface area is 103 Å². The molecule has 0 aliphatic heterocycles. The van der Waals surface area contributed by atoms with Crippen molar-refractivity contribution in [2.24, 2.45) is 5.90 Å². The quantitative estimate of drug-likeness (QED) is 0.800. The molecule has 0 spiro atoms. The van der Waals surface area contributed by atoms with Crippen molar-refractivity contribution in [1.82, 2.24) is 0 Å². The lowest BCUT2D eigenvalue weighted by Crippen LogP contribution is -2.26. The van der Waals surface area contributed by atoms with Gasteiger partial charge in [0.25, 0.3) is 0 Å². The van der Waals surface area contributed by atoms with E-state index in [4.69, 9.17) is 20.2 Å². The standard InChI is InChI=1S/C13H21NO3/c1-9-11(15-4)6-10(7-12(9)16-5)13(2,3)8-17-14/h6-7H,8,14H2,1-5H3. The zero-order chi connectivity index (χ0) is 13.1. The maximum Gasteiger partial charge on any atom is 0.125 e. The normalized spacial score (nSPS) is 11.4. The van der Waals surface area contributed by atoms with Gasteiger partial charge in [-0.1, -0.05) is 13.8 Å². The molecule has 4 nitrogen and oxygen atoms in total. The lowest BCUT2D eigenvalue weighted by molar-refractivity contribution is 0.0962. The summed E-state index contributed by atoms with van der Waals surface area (Å²) < 4.78 is 10.7. The van der Waals surface area contributed by atoms with Gasteiger partial charge >= 0.3 is 0 Å². The molecule has 0 heterocycles. The topological polar surface area (TPSA) is 53.7 Å². The Hall–Kier alpha value is -1.26. The molecule has 17 heavy (non-hydrogen) atoms. The summed E-state index contributed by atoms with van der Waals surface area (Å²) in [5.74, 6) is 6.78. The average molecular weight is 239 g/mol. The smallest absolute Gasteiger partial charge is 0.125 e. The number of rotatable bonds is 5. The SMILES string of the molecule is COc1cc(C(C)(C)CON)cc(OC)c1C. The second-order valence-electron chi connectivity index (χ2n) is 4.70. The van der Waals surface area contributed by atoms with E-state index >= 15 is 0 Å². The molecule has 0 aliphatic rings. The summed E-state index contributed by atoms with van der Waals surface area (Å²) in [6.45, 7) is 6.52. The highest BCUT2D eigenvalue weighted by molar-refractivity contribution is 5.49. The van der Waals surface area contributed by atoms with Crippen LogP contribution in [0.5, 0.6) is 11.5 Å². The van der Waals surface area contributed by atoms with Crippen LogP contribution in [0.1, 0.15) is 25.0 Å². The van der Waals surface area contributed by atoms with Crippen LogP contribution in [0.4, 0.5) is 0 Å². The zero-order valence-electron chi connectivity index (χ0n) is 11.2. The van der Waals surface area contributed by atoms with Crippen LogP contribution in [-0.2, 0) is 10.3 Å². The monoisotopic (exact) mass is 239 g/mol. The number of nitrogens with two attached hydrogens (primary N) is 1. The van der Waals surface area contributed by atoms with Crippen LogP contribution in [0.3, 0.4) is 0 Å². The Bertz CT molecular complexity index is 363. The van der Waals surface area contributed by atoms with Crippen molar-refractivity contribution in [3.05, 3.63) is 23.3 Å². The maximum atomic E-state index is 5.35. The Morgan fingerprint density at radius 1 is 1.12 bits per heavy atom. The van der Waals surface area contributed by atoms with E-state index in [-0.39, 0.29) is 5.41 Å². The van der Waals surface area contributed by atoms with Gasteiger partial charge in [0.1, 0.15) is 11.5 Å². The van der Waals surface area contributed by atoms with E-state index < -0.39 is 0 Å². The first kappa shape index (κ1) is 13.8. The van der Waals surface area contributed by atoms with Gasteiger partial charge in [0, 0.05) is 11.0 Å². The van der Waals surface area contributed by atoms with Crippen LogP contribution in [0.25, 0.3) is 0 Å². The predicted octanol–water partition coefficient (Wildman–Crippen LogP) is 2.18. The second kappa shape index (κ2) is 5.38. The van der Waals surface area contributed by atoms with Crippen LogP contribution < -0.4 is 15.4 Å². The van der Waals surface area contributed by atoms with Gasteiger partial charge in [0.2, 0.25) is 0 Å². The van der Waals surface area contributed by atoms with Crippen molar-refractivity contribution >= 4 is 0 Å². The van der Waals surface area contributed by atoms with Gasteiger partial charge < -0.3 is 14.3 Å². The molecule has 2 N–H and O–H groups in total. The third kappa shape index (κ3) is 2.90. The highest BCUT2D eigenvalue weighted by Gasteiger charge is 2.23. The molecule has 1 rings (SSSR count). The first-order valence-electron chi connectivity index (χ1n) is 5.51. The largest absolute Gasteiger partial charge is 0.496 e. The maximum absolute atomic E-state index is 5.35. The molecule has 96 valence electrons. The van der Waals surface area contributed by atoms with Gasteiger partial charge in [-0.2, -0.15) is 0 Å². The van der Waals surface area contributed by atoms with E-state index in [0.717, 1.165) is 22.6 Å². The number of methoxy groups -OCH3 is 2. The molecule has 1 aromatic carbocycles. The zero-order valence-corrected chi connectivity index (χ0v) is 11.2. The van der Waals surface area contributed by atoms with E-state index in [1.165, 1.54) is 0 Å². The lowest BCUT2D eigenvalue weighted by atomic mass is 9.84. The van der Waals surface area contributed by atoms with Gasteiger partial charge in [-0.3, -0.25) is 0 Å². The molecule has 0 radical (unpaired) electrons. The minimum absolute atomic E-state index is 0.191. The van der Waals surface area contributed by atoms with Gasteiger partial charge in [-0.05, 0) is 24.6 Å². The molecule has 0 bridgehead atoms. The number of hydrogen-bond acceptors (Lipinski definition) is 4. The summed E-state index contributed by atoms with van der Waals surface area (Å²) in [4.78, 5) is 4.76. The Morgan fingerprint density at radius 2 is 1.59 bits per heavy atom. The van der Waals surface area contributed by atoms with Gasteiger partial charge in [-0.25, -0.2) is 5.90 Å². The summed E-state index contributed by atoms with van der Waals surface area (Å²) in [5.41, 5.74) is 1.87. The molecule has 0 saturated heterocycles. The fraction of sp³-hybridized carbons (Fsp3) is 0.538. The molecular formula is C13H21NO3.